The van der Waals surface area contributed by atoms with Crippen LogP contribution in [0, 0.1) is 12.8 Å². The van der Waals surface area contributed by atoms with Crippen molar-refractivity contribution in [2.24, 2.45) is 0 Å². The summed E-state index contributed by atoms with van der Waals surface area (Å²) in [6.07, 6.45) is 2.55. The molecule has 1 aliphatic heterocycles. The van der Waals surface area contributed by atoms with E-state index in [1.165, 1.54) is 5.92 Å². The van der Waals surface area contributed by atoms with Crippen LogP contribution in [-0.4, -0.2) is 30.7 Å². The molecule has 16 heavy (non-hydrogen) atoms. The van der Waals surface area contributed by atoms with Crippen LogP contribution in [0.15, 0.2) is 0 Å². The summed E-state index contributed by atoms with van der Waals surface area (Å²) in [4.78, 5) is 20.8. The van der Waals surface area contributed by atoms with Crippen molar-refractivity contribution < 1.29 is 63.4 Å². The largest absolute Gasteiger partial charge is 2.00 e. The molecule has 0 N–H and O–H groups in total. The monoisotopic (exact) mass is 489 g/mol. The number of amides is 1. The first-order valence-corrected chi connectivity index (χ1v) is 4.36. The summed E-state index contributed by atoms with van der Waals surface area (Å²) in [5.41, 5.74) is 0. The van der Waals surface area contributed by atoms with Gasteiger partial charge < -0.3 is 22.5 Å². The number of piperidine rings is 1. The zero-order chi connectivity index (χ0) is 10.3. The van der Waals surface area contributed by atoms with Gasteiger partial charge in [0.25, 0.3) is 0 Å². The summed E-state index contributed by atoms with van der Waals surface area (Å²) in [6.45, 7) is 10.8. The number of nitrogens with zero attached hydrogens (tertiary/aromatic N) is 1. The topological polar surface area (TPSA) is 37.4 Å². The summed E-state index contributed by atoms with van der Waals surface area (Å²) in [7, 11) is 0. The average molecular weight is 489 g/mol. The van der Waals surface area contributed by atoms with Gasteiger partial charge in [0.15, 0.2) is 5.91 Å². The van der Waals surface area contributed by atoms with Crippen LogP contribution in [0.3, 0.4) is 0 Å². The van der Waals surface area contributed by atoms with E-state index >= 15 is 0 Å². The van der Waals surface area contributed by atoms with Gasteiger partial charge in [0.1, 0.15) is 0 Å². The van der Waals surface area contributed by atoms with Crippen molar-refractivity contribution in [3.05, 3.63) is 12.8 Å². The van der Waals surface area contributed by atoms with Crippen molar-refractivity contribution in [3.8, 4) is 0 Å². The van der Waals surface area contributed by atoms with E-state index in [1.807, 2.05) is 4.90 Å². The van der Waals surface area contributed by atoms with E-state index in [1.54, 1.807) is 0 Å². The molecule has 1 amide bonds. The minimum atomic E-state index is 0. The van der Waals surface area contributed by atoms with Crippen molar-refractivity contribution in [1.29, 1.82) is 0 Å². The number of hydrogen-bond acceptors (Lipinski definition) is 2. The van der Waals surface area contributed by atoms with E-state index < -0.39 is 0 Å². The minimum absolute atomic E-state index is 0. The molecule has 1 rings (SSSR count). The molecule has 1 aliphatic rings. The van der Waals surface area contributed by atoms with E-state index in [2.05, 4.69) is 20.6 Å². The number of carbonyl (C=O) groups is 1. The van der Waals surface area contributed by atoms with Gasteiger partial charge in [0, 0.05) is 32.7 Å². The van der Waals surface area contributed by atoms with Gasteiger partial charge in [-0.15, -0.1) is 6.42 Å². The molecule has 0 saturated carbocycles. The maximum Gasteiger partial charge on any atom is 2.00 e. The molecule has 91 valence electrons. The van der Waals surface area contributed by atoms with E-state index in [9.17, 15) is 4.79 Å². The van der Waals surface area contributed by atoms with E-state index in [0.29, 0.717) is 6.42 Å². The summed E-state index contributed by atoms with van der Waals surface area (Å²) in [5.74, 6) is 1.70. The Labute approximate surface area is 142 Å². The predicted molar refractivity (Wildman–Crippen MR) is 62.6 cm³/mol. The summed E-state index contributed by atoms with van der Waals surface area (Å²) in [6, 6.07) is 0. The van der Waals surface area contributed by atoms with Crippen LogP contribution in [0.1, 0.15) is 26.2 Å². The Bertz CT molecular complexity index is 167. The smallest absolute Gasteiger partial charge is 0.545 e. The molecule has 0 bridgehead atoms. The normalized spacial score (nSPS) is 14.2. The molecule has 6 heteroatoms. The second kappa shape index (κ2) is 16.4. The van der Waals surface area contributed by atoms with Crippen molar-refractivity contribution in [2.45, 2.75) is 26.2 Å². The van der Waals surface area contributed by atoms with Gasteiger partial charge in [0.2, 0.25) is 0 Å². The van der Waals surface area contributed by atoms with Crippen LogP contribution < -0.4 is 0 Å². The molecular formula is C10H19NO2PWY-. The molecule has 0 aromatic heterocycles. The summed E-state index contributed by atoms with van der Waals surface area (Å²) < 4.78 is 0. The number of rotatable bonds is 1. The van der Waals surface area contributed by atoms with Crippen LogP contribution in [0.2, 0.25) is 0 Å². The Hall–Kier alpha value is 1.36. The Morgan fingerprint density at radius 2 is 1.75 bits per heavy atom. The van der Waals surface area contributed by atoms with Gasteiger partial charge in [-0.25, -0.2) is 0 Å². The third kappa shape index (κ3) is 10.5. The summed E-state index contributed by atoms with van der Waals surface area (Å²) in [5, 5.41) is 0. The first-order chi connectivity index (χ1) is 6.24. The van der Waals surface area contributed by atoms with Gasteiger partial charge >= 0.3 is 21.1 Å². The van der Waals surface area contributed by atoms with Gasteiger partial charge in [0.05, 0.1) is 0 Å². The molecule has 0 spiro atoms. The van der Waals surface area contributed by atoms with Gasteiger partial charge in [-0.2, -0.15) is 29.7 Å². The molecule has 3 nitrogen and oxygen atoms in total. The maximum absolute atomic E-state index is 11.1. The van der Waals surface area contributed by atoms with E-state index in [-0.39, 0.29) is 69.6 Å². The molecule has 0 aliphatic carbocycles. The fourth-order valence-electron chi connectivity index (χ4n) is 1.30. The Balaban J connectivity index is -0.000000136. The minimum Gasteiger partial charge on any atom is -0.545 e. The van der Waals surface area contributed by atoms with Crippen LogP contribution in [0.4, 0.5) is 0 Å². The van der Waals surface area contributed by atoms with Gasteiger partial charge in [-0.3, -0.25) is 11.6 Å². The fourth-order valence-corrected chi connectivity index (χ4v) is 1.30. The van der Waals surface area contributed by atoms with Crippen molar-refractivity contribution >= 4 is 22.6 Å². The van der Waals surface area contributed by atoms with Crippen molar-refractivity contribution in [3.63, 3.8) is 0 Å². The van der Waals surface area contributed by atoms with Crippen LogP contribution in [0.5, 0.6) is 0 Å². The SMILES string of the molecule is P.[CH-]=O.[CH2-]CC(=O)N1CC[C-](C)CC1.[W+2].[Y]. The quantitative estimate of drug-likeness (QED) is 0.316. The third-order valence-corrected chi connectivity index (χ3v) is 2.18. The molecule has 1 fully saturated rings. The second-order valence-corrected chi connectivity index (χ2v) is 3.09. The maximum atomic E-state index is 11.1. The van der Waals surface area contributed by atoms with Crippen LogP contribution >= 0.6 is 9.90 Å². The zero-order valence-electron chi connectivity index (χ0n) is 9.78. The molecule has 1 radical (unpaired) electrons. The van der Waals surface area contributed by atoms with Gasteiger partial charge in [-0.05, 0) is 13.1 Å². The van der Waals surface area contributed by atoms with Crippen molar-refractivity contribution in [2.75, 3.05) is 13.1 Å². The zero-order valence-corrected chi connectivity index (χ0v) is 17.0. The number of likely N-dealkylation sites (tertiary alicyclic amines) is 1. The molecular weight excluding hydrogens is 470 g/mol. The molecule has 0 aromatic rings. The van der Waals surface area contributed by atoms with E-state index in [0.717, 1.165) is 25.9 Å². The van der Waals surface area contributed by atoms with Crippen LogP contribution in [-0.2, 0) is 63.4 Å². The first kappa shape index (κ1) is 26.0. The molecule has 1 saturated heterocycles. The fraction of sp³-hybridized carbons (Fsp3) is 0.600. The molecule has 0 aromatic carbocycles. The van der Waals surface area contributed by atoms with Gasteiger partial charge in [-0.1, -0.05) is 0 Å². The van der Waals surface area contributed by atoms with E-state index in [4.69, 9.17) is 4.79 Å². The second-order valence-electron chi connectivity index (χ2n) is 3.09. The molecule has 1 atom stereocenters. The third-order valence-electron chi connectivity index (χ3n) is 2.18. The predicted octanol–water partition coefficient (Wildman–Crippen LogP) is 1.21. The molecule has 1 unspecified atom stereocenters. The summed E-state index contributed by atoms with van der Waals surface area (Å²) >= 11 is 0. The number of hydrogen-bond donors (Lipinski definition) is 0. The molecule has 1 heterocycles. The first-order valence-electron chi connectivity index (χ1n) is 4.36. The average Bonchev–Trinajstić information content (AvgIpc) is 2.21. The van der Waals surface area contributed by atoms with Crippen molar-refractivity contribution in [1.82, 2.24) is 4.90 Å². The Morgan fingerprint density at radius 1 is 1.38 bits per heavy atom. The Morgan fingerprint density at radius 3 is 2.06 bits per heavy atom. The standard InChI is InChI=1S/C9H15NO.CHO.H3P.W.Y/c1-3-9(11)10-6-4-8(2)5-7-10;1-2;;;/h1,3-7H2,2H3;1H;1H3;;/q-2;-1;;+2;. The Kier molecular flexibility index (Phi) is 26.6. The number of carbonyl (C=O) groups excluding carboxylic acids is 2. The van der Waals surface area contributed by atoms with Crippen LogP contribution in [0.25, 0.3) is 0 Å².